The Morgan fingerprint density at radius 2 is 1.58 bits per heavy atom. The second-order valence-electron chi connectivity index (χ2n) is 12.3. The number of amides is 1. The Kier molecular flexibility index (Phi) is 22.5. The maximum Gasteiger partial charge on any atom is 0.270 e. The second kappa shape index (κ2) is 23.9. The average Bonchev–Trinajstić information content (AvgIpc) is 3.50. The molecule has 0 bridgehead atoms. The van der Waals surface area contributed by atoms with Gasteiger partial charge in [-0.2, -0.15) is 0 Å². The van der Waals surface area contributed by atoms with Gasteiger partial charge in [0.2, 0.25) is 0 Å². The monoisotopic (exact) mass is 600 g/mol. The number of aliphatic hydroxyl groups excluding tert-OH is 1. The van der Waals surface area contributed by atoms with Crippen molar-refractivity contribution in [3.05, 3.63) is 46.2 Å². The van der Waals surface area contributed by atoms with Crippen LogP contribution in [0.4, 0.5) is 0 Å². The lowest BCUT2D eigenvalue weighted by molar-refractivity contribution is -0.128. The van der Waals surface area contributed by atoms with Crippen molar-refractivity contribution < 1.29 is 14.7 Å². The van der Waals surface area contributed by atoms with Crippen molar-refractivity contribution in [1.82, 2.24) is 4.90 Å². The number of hydrogen-bond donors (Lipinski definition) is 2. The summed E-state index contributed by atoms with van der Waals surface area (Å²) in [6.45, 7) is 20.8. The first-order valence-corrected chi connectivity index (χ1v) is 16.9. The molecule has 6 heteroatoms. The summed E-state index contributed by atoms with van der Waals surface area (Å²) in [5, 5.41) is 9.16. The molecule has 1 aromatic carbocycles. The molecule has 1 amide bonds. The molecule has 0 radical (unpaired) electrons. The molecule has 1 unspecified atom stereocenters. The number of carbonyl (C=O) groups excluding carboxylic acids is 2. The van der Waals surface area contributed by atoms with Crippen LogP contribution in [0.25, 0.3) is 0 Å². The molecule has 1 aliphatic carbocycles. The number of nitrogens with two attached hydrogens (primary N) is 1. The molecule has 1 aromatic rings. The van der Waals surface area contributed by atoms with Crippen LogP contribution in [0.2, 0.25) is 0 Å². The number of likely N-dealkylation sites (tertiary alicyclic amines) is 1. The van der Waals surface area contributed by atoms with Crippen molar-refractivity contribution in [1.29, 1.82) is 0 Å². The minimum atomic E-state index is -0.135. The molecule has 1 saturated carbocycles. The van der Waals surface area contributed by atoms with Crippen LogP contribution in [-0.2, 0) is 9.59 Å². The lowest BCUT2D eigenvalue weighted by Crippen LogP contribution is -2.41. The fraction of sp³-hybridized carbons (Fsp3) is 0.703. The molecule has 246 valence electrons. The lowest BCUT2D eigenvalue weighted by atomic mass is 9.97. The van der Waals surface area contributed by atoms with Gasteiger partial charge in [-0.25, -0.2) is 0 Å². The fourth-order valence-corrected chi connectivity index (χ4v) is 4.67. The topological polar surface area (TPSA) is 96.0 Å². The van der Waals surface area contributed by atoms with Crippen molar-refractivity contribution >= 4 is 17.4 Å². The molecule has 1 saturated heterocycles. The maximum absolute atomic E-state index is 12.5. The Morgan fingerprint density at radius 3 is 2.02 bits per heavy atom. The molecule has 43 heavy (non-hydrogen) atoms. The first-order valence-electron chi connectivity index (χ1n) is 16.9. The molecule has 1 heterocycles. The predicted octanol–water partition coefficient (Wildman–Crippen LogP) is 8.28. The quantitative estimate of drug-likeness (QED) is 0.279. The molecule has 2 aliphatic rings. The molecule has 2 fully saturated rings. The minimum Gasteiger partial charge on any atom is -0.396 e. The Morgan fingerprint density at radius 1 is 1.00 bits per heavy atom. The molecular weight excluding hydrogens is 534 g/mol. The van der Waals surface area contributed by atoms with Crippen molar-refractivity contribution in [3.8, 4) is 0 Å². The summed E-state index contributed by atoms with van der Waals surface area (Å²) in [5.74, 6) is 1.12. The number of hydrogen-bond acceptors (Lipinski definition) is 5. The van der Waals surface area contributed by atoms with E-state index >= 15 is 0 Å². The van der Waals surface area contributed by atoms with Gasteiger partial charge in [0.25, 0.3) is 5.91 Å². The summed E-state index contributed by atoms with van der Waals surface area (Å²) in [6, 6.07) is 6.38. The molecule has 0 spiro atoms. The fourth-order valence-electron chi connectivity index (χ4n) is 4.67. The van der Waals surface area contributed by atoms with Crippen molar-refractivity contribution in [2.24, 2.45) is 22.6 Å². The molecule has 3 rings (SSSR count). The number of carbonyl (C=O) groups is 2. The highest BCUT2D eigenvalue weighted by molar-refractivity contribution is 6.09. The van der Waals surface area contributed by atoms with Crippen LogP contribution in [-0.4, -0.2) is 53.6 Å². The van der Waals surface area contributed by atoms with Crippen molar-refractivity contribution in [2.45, 2.75) is 133 Å². The molecule has 1 atom stereocenters. The number of aliphatic imine (C=N–C) groups is 1. The Labute approximate surface area is 264 Å². The molecule has 3 N–H and O–H groups in total. The largest absolute Gasteiger partial charge is 0.396 e. The van der Waals surface area contributed by atoms with Gasteiger partial charge >= 0.3 is 0 Å². The number of piperidine rings is 1. The van der Waals surface area contributed by atoms with E-state index in [1.807, 2.05) is 0 Å². The minimum absolute atomic E-state index is 0.00900. The normalized spacial score (nSPS) is 17.5. The predicted molar refractivity (Wildman–Crippen MR) is 185 cm³/mol. The third-order valence-electron chi connectivity index (χ3n) is 8.52. The van der Waals surface area contributed by atoms with Crippen LogP contribution in [0.1, 0.15) is 129 Å². The van der Waals surface area contributed by atoms with Gasteiger partial charge in [0, 0.05) is 31.0 Å². The number of nitrogens with zero attached hydrogens (tertiary/aromatic N) is 2. The van der Waals surface area contributed by atoms with Gasteiger partial charge in [-0.1, -0.05) is 91.3 Å². The van der Waals surface area contributed by atoms with E-state index < -0.39 is 0 Å². The van der Waals surface area contributed by atoms with E-state index in [0.717, 1.165) is 49.3 Å². The Hall–Kier alpha value is -2.47. The maximum atomic E-state index is 12.5. The van der Waals surface area contributed by atoms with Crippen LogP contribution in [0.15, 0.2) is 34.5 Å². The SMILES string of the molecule is CC(=O)CN=C1CCC/C1=C(/N)C(=O)N1CCC(CO)CC1.CCCC.CCCCC(C)CC.Cc1cccc(C)c1C. The van der Waals surface area contributed by atoms with Gasteiger partial charge in [0.05, 0.1) is 6.54 Å². The van der Waals surface area contributed by atoms with Crippen molar-refractivity contribution in [3.63, 3.8) is 0 Å². The molecule has 1 aliphatic heterocycles. The van der Waals surface area contributed by atoms with Crippen LogP contribution < -0.4 is 5.73 Å². The zero-order valence-electron chi connectivity index (χ0n) is 29.2. The van der Waals surface area contributed by atoms with E-state index in [1.165, 1.54) is 62.1 Å². The lowest BCUT2D eigenvalue weighted by Gasteiger charge is -2.31. The van der Waals surface area contributed by atoms with Gasteiger partial charge in [0.15, 0.2) is 5.78 Å². The number of Topliss-reactive ketones (excluding diaryl/α,β-unsaturated/α-hetero) is 1. The van der Waals surface area contributed by atoms with Crippen LogP contribution >= 0.6 is 0 Å². The molecular formula is C37H65N3O3. The van der Waals surface area contributed by atoms with E-state index in [-0.39, 0.29) is 36.5 Å². The summed E-state index contributed by atoms with van der Waals surface area (Å²) in [7, 11) is 0. The van der Waals surface area contributed by atoms with Crippen LogP contribution in [0, 0.1) is 32.6 Å². The van der Waals surface area contributed by atoms with Gasteiger partial charge in [-0.3, -0.25) is 14.6 Å². The van der Waals surface area contributed by atoms with Gasteiger partial charge in [-0.05, 0) is 88.3 Å². The average molecular weight is 600 g/mol. The number of ketones is 1. The van der Waals surface area contributed by atoms with Gasteiger partial charge < -0.3 is 15.7 Å². The Bertz CT molecular complexity index is 969. The summed E-state index contributed by atoms with van der Waals surface area (Å²) in [5.41, 5.74) is 12.2. The van der Waals surface area contributed by atoms with Gasteiger partial charge in [-0.15, -0.1) is 0 Å². The van der Waals surface area contributed by atoms with Crippen molar-refractivity contribution in [2.75, 3.05) is 26.2 Å². The van der Waals surface area contributed by atoms with Crippen LogP contribution in [0.5, 0.6) is 0 Å². The highest BCUT2D eigenvalue weighted by atomic mass is 16.3. The first-order chi connectivity index (χ1) is 20.5. The number of benzene rings is 1. The number of aliphatic hydroxyl groups is 1. The standard InChI is InChI=1S/C16H25N3O3.C9H12.C8H18.C4H10/c1-11(21)9-18-14-4-2-3-13(14)15(17)16(22)19-7-5-12(10-20)6-8-19;1-7-5-4-6-8(2)9(7)3;1-4-6-7-8(3)5-2;1-3-4-2/h12,20H,2-10,17H2,1H3;4-6H,1-3H3;8H,4-7H2,1-3H3;3-4H2,1-2H3/b15-13-,18-14?;;;. The first kappa shape index (κ1) is 40.5. The number of allylic oxidation sites excluding steroid dienone is 1. The summed E-state index contributed by atoms with van der Waals surface area (Å²) >= 11 is 0. The zero-order chi connectivity index (χ0) is 32.8. The molecule has 0 aromatic heterocycles. The summed E-state index contributed by atoms with van der Waals surface area (Å²) < 4.78 is 0. The van der Waals surface area contributed by atoms with E-state index in [9.17, 15) is 9.59 Å². The van der Waals surface area contributed by atoms with E-state index in [0.29, 0.717) is 13.1 Å². The zero-order valence-corrected chi connectivity index (χ0v) is 29.2. The third-order valence-corrected chi connectivity index (χ3v) is 8.52. The molecule has 6 nitrogen and oxygen atoms in total. The number of rotatable bonds is 9. The smallest absolute Gasteiger partial charge is 0.270 e. The Balaban J connectivity index is 0.000000687. The number of unbranched alkanes of at least 4 members (excludes halogenated alkanes) is 2. The van der Waals surface area contributed by atoms with Crippen LogP contribution in [0.3, 0.4) is 0 Å². The number of aryl methyl sites for hydroxylation is 2. The highest BCUT2D eigenvalue weighted by Gasteiger charge is 2.27. The van der Waals surface area contributed by atoms with E-state index in [1.54, 1.807) is 4.90 Å². The highest BCUT2D eigenvalue weighted by Crippen LogP contribution is 2.25. The van der Waals surface area contributed by atoms with E-state index in [4.69, 9.17) is 10.8 Å². The third kappa shape index (κ3) is 16.8. The van der Waals surface area contributed by atoms with Gasteiger partial charge in [0.1, 0.15) is 5.70 Å². The second-order valence-corrected chi connectivity index (χ2v) is 12.3. The summed E-state index contributed by atoms with van der Waals surface area (Å²) in [6.07, 6.45) is 12.3. The van der Waals surface area contributed by atoms with E-state index in [2.05, 4.69) is 78.6 Å². The summed E-state index contributed by atoms with van der Waals surface area (Å²) in [4.78, 5) is 29.7.